The summed E-state index contributed by atoms with van der Waals surface area (Å²) in [5, 5.41) is 9.94. The van der Waals surface area contributed by atoms with E-state index in [0.717, 1.165) is 30.3 Å². The molecule has 2 unspecified atom stereocenters. The van der Waals surface area contributed by atoms with Crippen LogP contribution in [0, 0.1) is 11.8 Å². The van der Waals surface area contributed by atoms with Gasteiger partial charge in [0.25, 0.3) is 0 Å². The van der Waals surface area contributed by atoms with Crippen LogP contribution in [0.3, 0.4) is 0 Å². The number of carbonyl (C=O) groups excluding carboxylic acids is 1. The Bertz CT molecular complexity index is 671. The van der Waals surface area contributed by atoms with Crippen LogP contribution >= 0.6 is 0 Å². The lowest BCUT2D eigenvalue weighted by Crippen LogP contribution is -2.46. The van der Waals surface area contributed by atoms with Crippen molar-refractivity contribution < 1.29 is 4.79 Å². The zero-order valence-electron chi connectivity index (χ0n) is 18.2. The molecular weight excluding hydrogens is 350 g/mol. The number of hydrogen-bond donors (Lipinski definition) is 3. The van der Waals surface area contributed by atoms with Crippen LogP contribution in [-0.2, 0) is 11.3 Å². The first-order valence-corrected chi connectivity index (χ1v) is 10.4. The summed E-state index contributed by atoms with van der Waals surface area (Å²) in [5.41, 5.74) is 1.94. The minimum atomic E-state index is 0.0579. The number of benzene rings is 1. The average Bonchev–Trinajstić information content (AvgIpc) is 2.99. The van der Waals surface area contributed by atoms with Gasteiger partial charge in [-0.3, -0.25) is 14.7 Å². The van der Waals surface area contributed by atoms with Gasteiger partial charge >= 0.3 is 0 Å². The molecule has 1 heterocycles. The molecule has 6 heteroatoms. The molecule has 0 bridgehead atoms. The molecule has 0 radical (unpaired) electrons. The third-order valence-corrected chi connectivity index (χ3v) is 5.18. The Balaban J connectivity index is 1.88. The Morgan fingerprint density at radius 1 is 1.25 bits per heavy atom. The highest BCUT2D eigenvalue weighted by Crippen LogP contribution is 2.18. The van der Waals surface area contributed by atoms with E-state index < -0.39 is 0 Å². The highest BCUT2D eigenvalue weighted by Gasteiger charge is 2.31. The second-order valence-corrected chi connectivity index (χ2v) is 8.55. The third kappa shape index (κ3) is 6.82. The maximum atomic E-state index is 12.0. The standard InChI is InChI=1S/C22H37N5O/c1-15(2)10-21(28)25-19-9-7-8-18(11-19)12-24-22(23-6)26-20-14-27(16(3)4)13-17(20)5/h7-9,11,15-17,20H,10,12-14H2,1-6H3,(H,25,28)(H2,23,24,26). The van der Waals surface area contributed by atoms with Crippen LogP contribution in [0.25, 0.3) is 0 Å². The van der Waals surface area contributed by atoms with Gasteiger partial charge in [0.05, 0.1) is 0 Å². The van der Waals surface area contributed by atoms with Crippen molar-refractivity contribution in [1.29, 1.82) is 0 Å². The molecule has 1 aromatic carbocycles. The molecule has 6 nitrogen and oxygen atoms in total. The number of carbonyl (C=O) groups is 1. The van der Waals surface area contributed by atoms with Crippen molar-refractivity contribution in [3.05, 3.63) is 29.8 Å². The lowest BCUT2D eigenvalue weighted by molar-refractivity contribution is -0.116. The van der Waals surface area contributed by atoms with E-state index in [1.165, 1.54) is 0 Å². The highest BCUT2D eigenvalue weighted by atomic mass is 16.1. The van der Waals surface area contributed by atoms with Crippen molar-refractivity contribution in [1.82, 2.24) is 15.5 Å². The lowest BCUT2D eigenvalue weighted by atomic mass is 10.1. The Morgan fingerprint density at radius 3 is 2.61 bits per heavy atom. The number of hydrogen-bond acceptors (Lipinski definition) is 3. The maximum Gasteiger partial charge on any atom is 0.224 e. The second-order valence-electron chi connectivity index (χ2n) is 8.55. The molecule has 1 aromatic rings. The number of nitrogens with zero attached hydrogens (tertiary/aromatic N) is 2. The van der Waals surface area contributed by atoms with E-state index in [2.05, 4.69) is 52.7 Å². The molecular formula is C22H37N5O. The molecule has 28 heavy (non-hydrogen) atoms. The molecule has 0 saturated carbocycles. The van der Waals surface area contributed by atoms with Gasteiger partial charge in [0.2, 0.25) is 5.91 Å². The molecule has 0 spiro atoms. The topological polar surface area (TPSA) is 68.8 Å². The quantitative estimate of drug-likeness (QED) is 0.497. The van der Waals surface area contributed by atoms with Gasteiger partial charge in [-0.1, -0.05) is 32.9 Å². The summed E-state index contributed by atoms with van der Waals surface area (Å²) < 4.78 is 0. The van der Waals surface area contributed by atoms with Crippen LogP contribution in [-0.4, -0.2) is 49.0 Å². The van der Waals surface area contributed by atoms with Crippen molar-refractivity contribution in [3.63, 3.8) is 0 Å². The molecule has 1 aliphatic heterocycles. The van der Waals surface area contributed by atoms with E-state index in [9.17, 15) is 4.79 Å². The molecule has 0 aliphatic carbocycles. The van der Waals surface area contributed by atoms with Gasteiger partial charge in [-0.05, 0) is 43.4 Å². The zero-order chi connectivity index (χ0) is 20.7. The van der Waals surface area contributed by atoms with E-state index in [4.69, 9.17) is 0 Å². The average molecular weight is 388 g/mol. The summed E-state index contributed by atoms with van der Waals surface area (Å²) in [7, 11) is 1.80. The normalized spacial score (nSPS) is 20.6. The number of nitrogens with one attached hydrogen (secondary N) is 3. The van der Waals surface area contributed by atoms with Gasteiger partial charge in [0, 0.05) is 50.9 Å². The molecule has 3 N–H and O–H groups in total. The molecule has 1 aliphatic rings. The predicted octanol–water partition coefficient (Wildman–Crippen LogP) is 3.06. The molecule has 1 saturated heterocycles. The number of likely N-dealkylation sites (tertiary alicyclic amines) is 1. The number of anilines is 1. The minimum Gasteiger partial charge on any atom is -0.352 e. The third-order valence-electron chi connectivity index (χ3n) is 5.18. The smallest absolute Gasteiger partial charge is 0.224 e. The van der Waals surface area contributed by atoms with Crippen LogP contribution in [0.1, 0.15) is 46.6 Å². The van der Waals surface area contributed by atoms with E-state index in [1.807, 2.05) is 32.0 Å². The predicted molar refractivity (Wildman–Crippen MR) is 118 cm³/mol. The van der Waals surface area contributed by atoms with E-state index in [-0.39, 0.29) is 5.91 Å². The maximum absolute atomic E-state index is 12.0. The molecule has 2 rings (SSSR count). The number of aliphatic imine (C=N–C) groups is 1. The SMILES string of the molecule is CN=C(NCc1cccc(NC(=O)CC(C)C)c1)NC1CN(C(C)C)CC1C. The fourth-order valence-electron chi connectivity index (χ4n) is 3.51. The van der Waals surface area contributed by atoms with Crippen LogP contribution in [0.5, 0.6) is 0 Å². The first-order valence-electron chi connectivity index (χ1n) is 10.4. The fraction of sp³-hybridized carbons (Fsp3) is 0.636. The monoisotopic (exact) mass is 387 g/mol. The summed E-state index contributed by atoms with van der Waals surface area (Å²) >= 11 is 0. The Kier molecular flexibility index (Phi) is 8.30. The Morgan fingerprint density at radius 2 is 2.00 bits per heavy atom. The number of rotatable bonds is 7. The summed E-state index contributed by atoms with van der Waals surface area (Å²) in [6, 6.07) is 8.93. The van der Waals surface area contributed by atoms with Crippen molar-refractivity contribution in [2.75, 3.05) is 25.5 Å². The van der Waals surface area contributed by atoms with E-state index in [0.29, 0.717) is 36.9 Å². The van der Waals surface area contributed by atoms with Gasteiger partial charge in [-0.2, -0.15) is 0 Å². The molecule has 1 amide bonds. The van der Waals surface area contributed by atoms with Gasteiger partial charge in [0.15, 0.2) is 5.96 Å². The number of amides is 1. The van der Waals surface area contributed by atoms with Crippen molar-refractivity contribution in [2.24, 2.45) is 16.8 Å². The molecule has 156 valence electrons. The van der Waals surface area contributed by atoms with Crippen LogP contribution in [0.2, 0.25) is 0 Å². The minimum absolute atomic E-state index is 0.0579. The van der Waals surface area contributed by atoms with Gasteiger partial charge in [0.1, 0.15) is 0 Å². The summed E-state index contributed by atoms with van der Waals surface area (Å²) in [5.74, 6) is 1.81. The van der Waals surface area contributed by atoms with Gasteiger partial charge in [-0.15, -0.1) is 0 Å². The lowest BCUT2D eigenvalue weighted by Gasteiger charge is -2.22. The van der Waals surface area contributed by atoms with Crippen LogP contribution in [0.4, 0.5) is 5.69 Å². The van der Waals surface area contributed by atoms with E-state index in [1.54, 1.807) is 7.05 Å². The van der Waals surface area contributed by atoms with Crippen LogP contribution in [0.15, 0.2) is 29.3 Å². The second kappa shape index (κ2) is 10.5. The molecule has 2 atom stereocenters. The van der Waals surface area contributed by atoms with Crippen molar-refractivity contribution in [2.45, 2.75) is 59.7 Å². The highest BCUT2D eigenvalue weighted by molar-refractivity contribution is 5.90. The first kappa shape index (κ1) is 22.2. The number of guanidine groups is 1. The molecule has 1 fully saturated rings. The van der Waals surface area contributed by atoms with Crippen molar-refractivity contribution >= 4 is 17.6 Å². The summed E-state index contributed by atoms with van der Waals surface area (Å²) in [6.07, 6.45) is 0.534. The fourth-order valence-corrected chi connectivity index (χ4v) is 3.51. The van der Waals surface area contributed by atoms with E-state index >= 15 is 0 Å². The summed E-state index contributed by atoms with van der Waals surface area (Å²) in [6.45, 7) is 13.7. The molecule has 0 aromatic heterocycles. The largest absolute Gasteiger partial charge is 0.352 e. The Labute approximate surface area is 170 Å². The van der Waals surface area contributed by atoms with Crippen LogP contribution < -0.4 is 16.0 Å². The zero-order valence-corrected chi connectivity index (χ0v) is 18.2. The first-order chi connectivity index (χ1) is 13.3. The van der Waals surface area contributed by atoms with Gasteiger partial charge < -0.3 is 16.0 Å². The Hall–Kier alpha value is -2.08. The summed E-state index contributed by atoms with van der Waals surface area (Å²) in [4.78, 5) is 18.9. The van der Waals surface area contributed by atoms with Crippen molar-refractivity contribution in [3.8, 4) is 0 Å². The van der Waals surface area contributed by atoms with Gasteiger partial charge in [-0.25, -0.2) is 0 Å².